The number of hydrogen-bond donors (Lipinski definition) is 0. The molecule has 0 unspecified atom stereocenters. The lowest BCUT2D eigenvalue weighted by atomic mass is 9.96. The molecule has 0 bridgehead atoms. The second-order valence-corrected chi connectivity index (χ2v) is 14.3. The number of fused-ring (bicyclic) bond motifs is 1. The number of allylic oxidation sites excluding steroid dienone is 4. The van der Waals surface area contributed by atoms with Crippen LogP contribution >= 0.6 is 0 Å². The Morgan fingerprint density at radius 3 is 1.22 bits per heavy atom. The average molecular weight is 746 g/mol. The summed E-state index contributed by atoms with van der Waals surface area (Å²) >= 11 is 0. The van der Waals surface area contributed by atoms with Gasteiger partial charge in [0.2, 0.25) is 0 Å². The van der Waals surface area contributed by atoms with Crippen LogP contribution in [0.2, 0.25) is 0 Å². The molecule has 0 amide bonds. The molecule has 1 aliphatic heterocycles. The predicted octanol–water partition coefficient (Wildman–Crippen LogP) is 15.2. The predicted molar refractivity (Wildman–Crippen MR) is 247 cm³/mol. The van der Waals surface area contributed by atoms with Gasteiger partial charge in [0, 0.05) is 57.6 Å². The Morgan fingerprint density at radius 2 is 0.776 bits per heavy atom. The highest BCUT2D eigenvalue weighted by Gasteiger charge is 2.19. The van der Waals surface area contributed by atoms with Crippen molar-refractivity contribution in [3.8, 4) is 22.3 Å². The smallest absolute Gasteiger partial charge is 0.0493 e. The Hall–Kier alpha value is -7.62. The summed E-state index contributed by atoms with van der Waals surface area (Å²) in [5.74, 6) is 0. The van der Waals surface area contributed by atoms with Crippen molar-refractivity contribution in [3.05, 3.63) is 249 Å². The molecular formula is C55H43N3. The van der Waals surface area contributed by atoms with Crippen LogP contribution in [-0.2, 0) is 0 Å². The van der Waals surface area contributed by atoms with Crippen molar-refractivity contribution in [3.63, 3.8) is 0 Å². The van der Waals surface area contributed by atoms with Gasteiger partial charge in [0.05, 0.1) is 0 Å². The van der Waals surface area contributed by atoms with Crippen molar-refractivity contribution >= 4 is 51.1 Å². The molecule has 1 aliphatic rings. The van der Waals surface area contributed by atoms with Crippen molar-refractivity contribution in [2.24, 2.45) is 0 Å². The molecule has 0 spiro atoms. The van der Waals surface area contributed by atoms with E-state index in [1.165, 1.54) is 0 Å². The topological polar surface area (TPSA) is 9.72 Å². The van der Waals surface area contributed by atoms with E-state index in [-0.39, 0.29) is 0 Å². The van der Waals surface area contributed by atoms with Gasteiger partial charge in [-0.15, -0.1) is 0 Å². The van der Waals surface area contributed by atoms with Crippen LogP contribution in [0.5, 0.6) is 0 Å². The summed E-state index contributed by atoms with van der Waals surface area (Å²) in [6, 6.07) is 75.6. The van der Waals surface area contributed by atoms with Crippen LogP contribution in [0.4, 0.5) is 45.5 Å². The fourth-order valence-corrected chi connectivity index (χ4v) is 7.74. The summed E-state index contributed by atoms with van der Waals surface area (Å²) in [5, 5.41) is 0. The zero-order valence-electron chi connectivity index (χ0n) is 32.3. The lowest BCUT2D eigenvalue weighted by molar-refractivity contribution is 1.09. The highest BCUT2D eigenvalue weighted by molar-refractivity contribution is 5.88. The summed E-state index contributed by atoms with van der Waals surface area (Å²) in [5.41, 5.74) is 15.6. The van der Waals surface area contributed by atoms with Gasteiger partial charge in [0.25, 0.3) is 0 Å². The van der Waals surface area contributed by atoms with Gasteiger partial charge < -0.3 is 14.7 Å². The third-order valence-corrected chi connectivity index (χ3v) is 10.6. The molecule has 0 fully saturated rings. The molecule has 8 aromatic rings. The summed E-state index contributed by atoms with van der Waals surface area (Å²) in [7, 11) is 0. The molecule has 0 aromatic heterocycles. The van der Waals surface area contributed by atoms with Crippen LogP contribution in [0, 0.1) is 0 Å². The van der Waals surface area contributed by atoms with Crippen molar-refractivity contribution in [1.29, 1.82) is 0 Å². The van der Waals surface area contributed by atoms with Gasteiger partial charge in [-0.05, 0) is 125 Å². The van der Waals surface area contributed by atoms with Crippen molar-refractivity contribution < 1.29 is 0 Å². The van der Waals surface area contributed by atoms with Crippen molar-refractivity contribution in [2.75, 3.05) is 21.2 Å². The maximum absolute atomic E-state index is 4.43. The number of anilines is 8. The number of rotatable bonds is 9. The lowest BCUT2D eigenvalue weighted by Gasteiger charge is -2.28. The molecule has 0 aliphatic carbocycles. The van der Waals surface area contributed by atoms with Crippen LogP contribution in [-0.4, -0.2) is 6.54 Å². The minimum atomic E-state index is 0.710. The van der Waals surface area contributed by atoms with Crippen molar-refractivity contribution in [2.45, 2.75) is 0 Å². The maximum Gasteiger partial charge on any atom is 0.0493 e. The fourth-order valence-electron chi connectivity index (χ4n) is 7.74. The molecule has 278 valence electrons. The van der Waals surface area contributed by atoms with E-state index in [9.17, 15) is 0 Å². The summed E-state index contributed by atoms with van der Waals surface area (Å²) in [4.78, 5) is 7.00. The second kappa shape index (κ2) is 16.6. The standard InChI is InChI=1S/C55H43N3/c1-42-19-7-6-18-38-56(55-29-17-16-28-54(42)55)53-40-45(43-30-34-51(35-31-43)57(47-20-8-2-9-21-47)48-22-10-3-11-23-48)39-46(41-53)44-32-36-52(37-33-44)58(49-24-12-4-13-25-49)50-26-14-5-15-27-50/h2-37,39-41H,1,38H2/b18-6-,19-7-. The van der Waals surface area contributed by atoms with E-state index in [1.807, 2.05) is 0 Å². The van der Waals surface area contributed by atoms with Crippen molar-refractivity contribution in [1.82, 2.24) is 0 Å². The Labute approximate surface area is 342 Å². The summed E-state index contributed by atoms with van der Waals surface area (Å²) < 4.78 is 0. The van der Waals surface area contributed by atoms with Gasteiger partial charge in [0.1, 0.15) is 0 Å². The Bertz CT molecular complexity index is 2460. The highest BCUT2D eigenvalue weighted by atomic mass is 15.1. The monoisotopic (exact) mass is 745 g/mol. The summed E-state index contributed by atoms with van der Waals surface area (Å²) in [6.45, 7) is 5.14. The van der Waals surface area contributed by atoms with E-state index >= 15 is 0 Å². The fraction of sp³-hybridized carbons (Fsp3) is 0.0182. The van der Waals surface area contributed by atoms with E-state index in [1.54, 1.807) is 0 Å². The third-order valence-electron chi connectivity index (χ3n) is 10.6. The van der Waals surface area contributed by atoms with Crippen LogP contribution in [0.1, 0.15) is 5.56 Å². The van der Waals surface area contributed by atoms with Crippen LogP contribution in [0.15, 0.2) is 243 Å². The van der Waals surface area contributed by atoms with Gasteiger partial charge in [-0.25, -0.2) is 0 Å². The van der Waals surface area contributed by atoms with E-state index in [0.717, 1.165) is 78.9 Å². The zero-order valence-corrected chi connectivity index (χ0v) is 32.3. The molecule has 1 heterocycles. The highest BCUT2D eigenvalue weighted by Crippen LogP contribution is 2.41. The number of hydrogen-bond acceptors (Lipinski definition) is 3. The molecule has 0 saturated carbocycles. The molecule has 58 heavy (non-hydrogen) atoms. The normalized spacial score (nSPS) is 13.4. The quantitative estimate of drug-likeness (QED) is 0.146. The van der Waals surface area contributed by atoms with Gasteiger partial charge in [0.15, 0.2) is 0 Å². The van der Waals surface area contributed by atoms with Crippen LogP contribution < -0.4 is 14.7 Å². The molecule has 0 atom stereocenters. The van der Waals surface area contributed by atoms with E-state index in [2.05, 4.69) is 258 Å². The van der Waals surface area contributed by atoms with Gasteiger partial charge in [-0.2, -0.15) is 0 Å². The molecular weight excluding hydrogens is 703 g/mol. The SMILES string of the molecule is C=C1/C=C\C=C/CN(c2cc(-c3ccc(N(c4ccccc4)c4ccccc4)cc3)cc(-c3ccc(N(c4ccccc4)c4ccccc4)cc3)c2)c2ccccc21. The largest absolute Gasteiger partial charge is 0.337 e. The molecule has 3 heteroatoms. The minimum Gasteiger partial charge on any atom is -0.337 e. The number of nitrogens with zero attached hydrogens (tertiary/aromatic N) is 3. The second-order valence-electron chi connectivity index (χ2n) is 14.3. The van der Waals surface area contributed by atoms with Gasteiger partial charge in [-0.1, -0.05) is 146 Å². The zero-order chi connectivity index (χ0) is 39.1. The maximum atomic E-state index is 4.43. The first-order valence-electron chi connectivity index (χ1n) is 19.8. The number of benzene rings is 8. The first-order chi connectivity index (χ1) is 28.7. The van der Waals surface area contributed by atoms with E-state index in [0.29, 0.717) is 6.54 Å². The minimum absolute atomic E-state index is 0.710. The molecule has 0 radical (unpaired) electrons. The first kappa shape index (κ1) is 36.0. The van der Waals surface area contributed by atoms with Crippen LogP contribution in [0.25, 0.3) is 27.8 Å². The molecule has 0 N–H and O–H groups in total. The Morgan fingerprint density at radius 1 is 0.379 bits per heavy atom. The lowest BCUT2D eigenvalue weighted by Crippen LogP contribution is -2.18. The molecule has 8 aromatic carbocycles. The molecule has 9 rings (SSSR count). The first-order valence-corrected chi connectivity index (χ1v) is 19.8. The Balaban J connectivity index is 1.15. The van der Waals surface area contributed by atoms with E-state index in [4.69, 9.17) is 0 Å². The Kier molecular flexibility index (Phi) is 10.3. The van der Waals surface area contributed by atoms with Gasteiger partial charge in [-0.3, -0.25) is 0 Å². The van der Waals surface area contributed by atoms with Crippen LogP contribution in [0.3, 0.4) is 0 Å². The van der Waals surface area contributed by atoms with E-state index < -0.39 is 0 Å². The third kappa shape index (κ3) is 7.62. The average Bonchev–Trinajstić information content (AvgIpc) is 3.37. The van der Waals surface area contributed by atoms with Gasteiger partial charge >= 0.3 is 0 Å². The molecule has 0 saturated heterocycles. The molecule has 3 nitrogen and oxygen atoms in total. The summed E-state index contributed by atoms with van der Waals surface area (Å²) in [6.07, 6.45) is 8.50. The number of para-hydroxylation sites is 5.